The van der Waals surface area contributed by atoms with E-state index in [0.29, 0.717) is 17.9 Å². The van der Waals surface area contributed by atoms with Crippen molar-refractivity contribution < 1.29 is 23.0 Å². The van der Waals surface area contributed by atoms with Crippen LogP contribution >= 0.6 is 0 Å². The van der Waals surface area contributed by atoms with Crippen molar-refractivity contribution in [3.05, 3.63) is 53.2 Å². The second-order valence-corrected chi connectivity index (χ2v) is 8.33. The number of ketones is 1. The van der Waals surface area contributed by atoms with Crippen LogP contribution in [0.5, 0.6) is 5.88 Å². The molecule has 5 heterocycles. The molecule has 7 nitrogen and oxygen atoms in total. The number of alkyl halides is 2. The minimum atomic E-state index is -2.73. The van der Waals surface area contributed by atoms with Gasteiger partial charge in [0.15, 0.2) is 5.78 Å². The lowest BCUT2D eigenvalue weighted by Crippen LogP contribution is -2.45. The third-order valence-corrected chi connectivity index (χ3v) is 5.97. The van der Waals surface area contributed by atoms with Crippen LogP contribution in [-0.4, -0.2) is 44.5 Å². The van der Waals surface area contributed by atoms with Crippen LogP contribution in [0.3, 0.4) is 0 Å². The summed E-state index contributed by atoms with van der Waals surface area (Å²) < 4.78 is 38.8. The van der Waals surface area contributed by atoms with Gasteiger partial charge >= 0.3 is 0 Å². The summed E-state index contributed by atoms with van der Waals surface area (Å²) in [5, 5.41) is 0. The van der Waals surface area contributed by atoms with Gasteiger partial charge in [-0.15, -0.1) is 0 Å². The van der Waals surface area contributed by atoms with Gasteiger partial charge in [-0.2, -0.15) is 4.98 Å². The van der Waals surface area contributed by atoms with E-state index in [4.69, 9.17) is 9.47 Å². The van der Waals surface area contributed by atoms with Crippen molar-refractivity contribution in [1.29, 1.82) is 0 Å². The second-order valence-electron chi connectivity index (χ2n) is 8.33. The highest BCUT2D eigenvalue weighted by Crippen LogP contribution is 2.58. The molecule has 0 amide bonds. The average Bonchev–Trinajstić information content (AvgIpc) is 3.37. The summed E-state index contributed by atoms with van der Waals surface area (Å²) in [5.74, 6) is 0.359. The first-order valence-corrected chi connectivity index (χ1v) is 9.66. The first-order chi connectivity index (χ1) is 14.3. The molecular formula is C21H20F2N4O3. The standard InChI is InChI=1S/C21H20F2N4O3/c1-20-9-21(10-20,11-30-20)16-8-27-7-12(18(29-2)26-19(27)25-16)6-15(28)13-4-3-5-14(24-13)17(22)23/h3-5,7-8,17H,6,9-11H2,1-2H3. The van der Waals surface area contributed by atoms with Crippen molar-refractivity contribution in [3.63, 3.8) is 0 Å². The molecule has 9 heteroatoms. The molecular weight excluding hydrogens is 394 g/mol. The van der Waals surface area contributed by atoms with Crippen LogP contribution in [0, 0.1) is 0 Å². The van der Waals surface area contributed by atoms with Crippen molar-refractivity contribution in [2.75, 3.05) is 13.7 Å². The largest absolute Gasteiger partial charge is 0.481 e. The van der Waals surface area contributed by atoms with Crippen molar-refractivity contribution in [2.45, 2.75) is 43.6 Å². The molecule has 6 rings (SSSR count). The zero-order valence-electron chi connectivity index (χ0n) is 16.6. The van der Waals surface area contributed by atoms with Gasteiger partial charge in [-0.05, 0) is 31.9 Å². The molecule has 3 fully saturated rings. The molecule has 0 N–H and O–H groups in total. The third-order valence-electron chi connectivity index (χ3n) is 5.97. The highest BCUT2D eigenvalue weighted by atomic mass is 19.3. The summed E-state index contributed by atoms with van der Waals surface area (Å²) >= 11 is 0. The third kappa shape index (κ3) is 2.96. The maximum atomic E-state index is 12.9. The molecule has 1 aliphatic carbocycles. The molecule has 2 bridgehead atoms. The summed E-state index contributed by atoms with van der Waals surface area (Å²) in [6.45, 7) is 2.75. The van der Waals surface area contributed by atoms with Crippen molar-refractivity contribution in [2.24, 2.45) is 0 Å². The number of halogens is 2. The normalized spacial score (nSPS) is 25.0. The fraction of sp³-hybridized carbons (Fsp3) is 0.429. The van der Waals surface area contributed by atoms with E-state index in [1.54, 1.807) is 10.6 Å². The van der Waals surface area contributed by atoms with Crippen LogP contribution in [0.25, 0.3) is 5.78 Å². The predicted octanol–water partition coefficient (Wildman–Crippen LogP) is 3.32. The Morgan fingerprint density at radius 1 is 1.27 bits per heavy atom. The molecule has 0 atom stereocenters. The molecule has 0 aromatic carbocycles. The molecule has 156 valence electrons. The van der Waals surface area contributed by atoms with E-state index < -0.39 is 17.9 Å². The van der Waals surface area contributed by atoms with Gasteiger partial charge in [-0.3, -0.25) is 9.20 Å². The number of carbonyl (C=O) groups is 1. The smallest absolute Gasteiger partial charge is 0.280 e. The lowest BCUT2D eigenvalue weighted by atomic mass is 9.62. The first-order valence-electron chi connectivity index (χ1n) is 9.66. The topological polar surface area (TPSA) is 78.6 Å². The van der Waals surface area contributed by atoms with E-state index in [1.165, 1.54) is 25.3 Å². The van der Waals surface area contributed by atoms with Crippen LogP contribution in [0.15, 0.2) is 30.6 Å². The van der Waals surface area contributed by atoms with Gasteiger partial charge in [0.1, 0.15) is 11.4 Å². The molecule has 2 aliphatic heterocycles. The minimum absolute atomic E-state index is 0.0167. The molecule has 2 saturated heterocycles. The Labute approximate surface area is 171 Å². The van der Waals surface area contributed by atoms with Gasteiger partial charge in [0.05, 0.1) is 25.0 Å². The van der Waals surface area contributed by atoms with Crippen LogP contribution in [0.4, 0.5) is 8.78 Å². The number of rotatable bonds is 6. The number of pyridine rings is 1. The van der Waals surface area contributed by atoms with E-state index in [9.17, 15) is 13.6 Å². The SMILES string of the molecule is COc1nc2nc(C34COC(C)(C3)C4)cn2cc1CC(=O)c1cccc(C(F)F)n1. The van der Waals surface area contributed by atoms with E-state index in [-0.39, 0.29) is 29.0 Å². The van der Waals surface area contributed by atoms with E-state index >= 15 is 0 Å². The maximum absolute atomic E-state index is 12.9. The monoisotopic (exact) mass is 414 g/mol. The van der Waals surface area contributed by atoms with Crippen LogP contribution < -0.4 is 4.74 Å². The fourth-order valence-corrected chi connectivity index (χ4v) is 4.64. The number of ether oxygens (including phenoxy) is 2. The van der Waals surface area contributed by atoms with Crippen molar-refractivity contribution in [1.82, 2.24) is 19.4 Å². The fourth-order valence-electron chi connectivity index (χ4n) is 4.64. The number of carbonyl (C=O) groups excluding carboxylic acids is 1. The van der Waals surface area contributed by atoms with E-state index in [0.717, 1.165) is 18.5 Å². The number of aromatic nitrogens is 4. The number of imidazole rings is 1. The van der Waals surface area contributed by atoms with E-state index in [2.05, 4.69) is 21.9 Å². The molecule has 30 heavy (non-hydrogen) atoms. The summed E-state index contributed by atoms with van der Waals surface area (Å²) in [6, 6.07) is 4.02. The Kier molecular flexibility index (Phi) is 4.15. The zero-order valence-corrected chi connectivity index (χ0v) is 16.6. The molecule has 3 aliphatic rings. The van der Waals surface area contributed by atoms with Crippen molar-refractivity contribution in [3.8, 4) is 5.88 Å². The highest BCUT2D eigenvalue weighted by molar-refractivity contribution is 5.96. The first kappa shape index (κ1) is 19.0. The number of hydrogen-bond acceptors (Lipinski definition) is 6. The number of hydrogen-bond donors (Lipinski definition) is 0. The Hall–Kier alpha value is -2.94. The lowest BCUT2D eigenvalue weighted by Gasteiger charge is -2.41. The van der Waals surface area contributed by atoms with Crippen molar-refractivity contribution >= 4 is 11.6 Å². The Morgan fingerprint density at radius 2 is 2.07 bits per heavy atom. The van der Waals surface area contributed by atoms with Gasteiger partial charge < -0.3 is 9.47 Å². The Bertz CT molecular complexity index is 1150. The quantitative estimate of drug-likeness (QED) is 0.576. The van der Waals surface area contributed by atoms with Crippen LogP contribution in [0.2, 0.25) is 0 Å². The average molecular weight is 414 g/mol. The number of Topliss-reactive ketones (excluding diaryl/α,β-unsaturated/α-hetero) is 1. The van der Waals surface area contributed by atoms with Gasteiger partial charge in [0.2, 0.25) is 11.7 Å². The maximum Gasteiger partial charge on any atom is 0.280 e. The van der Waals surface area contributed by atoms with E-state index in [1.807, 2.05) is 6.20 Å². The van der Waals surface area contributed by atoms with Gasteiger partial charge in [-0.1, -0.05) is 6.07 Å². The van der Waals surface area contributed by atoms with Crippen LogP contribution in [-0.2, 0) is 16.6 Å². The Balaban J connectivity index is 1.45. The number of fused-ring (bicyclic) bond motifs is 2. The van der Waals surface area contributed by atoms with Gasteiger partial charge in [-0.25, -0.2) is 18.7 Å². The van der Waals surface area contributed by atoms with Gasteiger partial charge in [0, 0.05) is 29.8 Å². The predicted molar refractivity (Wildman–Crippen MR) is 102 cm³/mol. The molecule has 0 radical (unpaired) electrons. The Morgan fingerprint density at radius 3 is 2.73 bits per heavy atom. The molecule has 3 aromatic rings. The summed E-state index contributed by atoms with van der Waals surface area (Å²) in [4.78, 5) is 25.5. The number of nitrogens with zero attached hydrogens (tertiary/aromatic N) is 4. The lowest BCUT2D eigenvalue weighted by molar-refractivity contribution is 0.0154. The second kappa shape index (κ2) is 6.53. The van der Waals surface area contributed by atoms with Crippen LogP contribution in [0.1, 0.15) is 53.6 Å². The summed E-state index contributed by atoms with van der Waals surface area (Å²) in [6.07, 6.45) is 2.71. The van der Waals surface area contributed by atoms with Gasteiger partial charge in [0.25, 0.3) is 6.43 Å². The summed E-state index contributed by atoms with van der Waals surface area (Å²) in [5.41, 5.74) is 0.871. The molecule has 0 unspecified atom stereocenters. The molecule has 0 spiro atoms. The number of methoxy groups -OCH3 is 1. The molecule has 3 aromatic heterocycles. The zero-order chi connectivity index (χ0) is 21.1. The molecule has 1 saturated carbocycles. The highest BCUT2D eigenvalue weighted by Gasteiger charge is 2.61. The summed E-state index contributed by atoms with van der Waals surface area (Å²) in [7, 11) is 1.47. The minimum Gasteiger partial charge on any atom is -0.481 e.